The number of unbranched alkanes of at least 4 members (excludes halogenated alkanes) is 1. The van der Waals surface area contributed by atoms with Gasteiger partial charge in [0.2, 0.25) is 0 Å². The quantitative estimate of drug-likeness (QED) is 0.368. The van der Waals surface area contributed by atoms with Gasteiger partial charge < -0.3 is 24.8 Å². The van der Waals surface area contributed by atoms with Gasteiger partial charge in [-0.25, -0.2) is 0 Å². The number of aliphatic carboxylic acids is 1. The summed E-state index contributed by atoms with van der Waals surface area (Å²) in [6, 6.07) is 7.02. The van der Waals surface area contributed by atoms with Crippen molar-refractivity contribution >= 4 is 17.6 Å². The molecular formula is C24H31ClO6. The maximum atomic E-state index is 10.6. The Bertz CT molecular complexity index is 792. The lowest BCUT2D eigenvalue weighted by Gasteiger charge is -2.20. The molecule has 3 rings (SSSR count). The second-order valence-corrected chi connectivity index (χ2v) is 8.75. The summed E-state index contributed by atoms with van der Waals surface area (Å²) in [6.07, 6.45) is 8.36. The monoisotopic (exact) mass is 450 g/mol. The minimum Gasteiger partial charge on any atom is -0.491 e. The van der Waals surface area contributed by atoms with Gasteiger partial charge in [-0.05, 0) is 55.4 Å². The lowest BCUT2D eigenvalue weighted by Crippen LogP contribution is -2.22. The van der Waals surface area contributed by atoms with E-state index in [2.05, 4.69) is 6.08 Å². The summed E-state index contributed by atoms with van der Waals surface area (Å²) in [5.74, 6) is -0.0965. The summed E-state index contributed by atoms with van der Waals surface area (Å²) in [5.41, 5.74) is 1.20. The van der Waals surface area contributed by atoms with Crippen molar-refractivity contribution in [3.05, 3.63) is 53.1 Å². The summed E-state index contributed by atoms with van der Waals surface area (Å²) < 4.78 is 11.6. The fraction of sp³-hybridized carbons (Fsp3) is 0.542. The molecule has 0 saturated heterocycles. The fourth-order valence-electron chi connectivity index (χ4n) is 4.30. The SMILES string of the molecule is O=C(O)CCCCC1=CC[C@@H]2[C@@H](C=C[C@@H](O)COc3cccc(Cl)c3)[C@H](O)C[C@@H]2OC1. The first-order valence-electron chi connectivity index (χ1n) is 10.9. The predicted molar refractivity (Wildman–Crippen MR) is 118 cm³/mol. The molecule has 1 fully saturated rings. The molecule has 0 unspecified atom stereocenters. The lowest BCUT2D eigenvalue weighted by molar-refractivity contribution is -0.137. The molecule has 1 aliphatic heterocycles. The first kappa shape index (κ1) is 23.8. The molecule has 0 radical (unpaired) electrons. The van der Waals surface area contributed by atoms with E-state index < -0.39 is 18.2 Å². The molecule has 0 bridgehead atoms. The number of hydrogen-bond acceptors (Lipinski definition) is 5. The number of carboxylic acids is 1. The summed E-state index contributed by atoms with van der Waals surface area (Å²) >= 11 is 5.94. The molecule has 0 spiro atoms. The Hall–Kier alpha value is -1.86. The van der Waals surface area contributed by atoms with Gasteiger partial charge in [-0.3, -0.25) is 4.79 Å². The number of hydrogen-bond donors (Lipinski definition) is 3. The van der Waals surface area contributed by atoms with Crippen molar-refractivity contribution < 1.29 is 29.6 Å². The molecule has 3 N–H and O–H groups in total. The number of halogens is 1. The predicted octanol–water partition coefficient (Wildman–Crippen LogP) is 3.99. The normalized spacial score (nSPS) is 26.9. The topological polar surface area (TPSA) is 96.2 Å². The third-order valence-electron chi connectivity index (χ3n) is 5.96. The maximum Gasteiger partial charge on any atom is 0.303 e. The molecule has 1 aromatic rings. The average Bonchev–Trinajstić information content (AvgIpc) is 2.89. The fourth-order valence-corrected chi connectivity index (χ4v) is 4.48. The number of fused-ring (bicyclic) bond motifs is 1. The molecule has 6 nitrogen and oxygen atoms in total. The van der Waals surface area contributed by atoms with Crippen LogP contribution in [0.3, 0.4) is 0 Å². The van der Waals surface area contributed by atoms with E-state index >= 15 is 0 Å². The van der Waals surface area contributed by atoms with Gasteiger partial charge in [0.05, 0.1) is 18.8 Å². The van der Waals surface area contributed by atoms with Crippen LogP contribution in [0.2, 0.25) is 5.02 Å². The first-order valence-corrected chi connectivity index (χ1v) is 11.2. The van der Waals surface area contributed by atoms with E-state index in [9.17, 15) is 15.0 Å². The zero-order valence-corrected chi connectivity index (χ0v) is 18.3. The summed E-state index contributed by atoms with van der Waals surface area (Å²) in [5, 5.41) is 30.1. The molecule has 170 valence electrons. The molecular weight excluding hydrogens is 420 g/mol. The maximum absolute atomic E-state index is 10.6. The van der Waals surface area contributed by atoms with Crippen LogP contribution in [-0.2, 0) is 9.53 Å². The van der Waals surface area contributed by atoms with Gasteiger partial charge >= 0.3 is 5.97 Å². The second-order valence-electron chi connectivity index (χ2n) is 8.31. The average molecular weight is 451 g/mol. The Kier molecular flexibility index (Phi) is 8.96. The van der Waals surface area contributed by atoms with Gasteiger partial charge in [0, 0.05) is 23.8 Å². The van der Waals surface area contributed by atoms with E-state index in [1.807, 2.05) is 6.08 Å². The molecule has 0 aromatic heterocycles. The summed E-state index contributed by atoms with van der Waals surface area (Å²) in [6.45, 7) is 0.637. The smallest absolute Gasteiger partial charge is 0.303 e. The van der Waals surface area contributed by atoms with Crippen molar-refractivity contribution in [2.45, 2.75) is 56.8 Å². The van der Waals surface area contributed by atoms with E-state index in [0.717, 1.165) is 19.3 Å². The Morgan fingerprint density at radius 1 is 1.35 bits per heavy atom. The van der Waals surface area contributed by atoms with Crippen LogP contribution in [0.4, 0.5) is 0 Å². The molecule has 1 aliphatic carbocycles. The summed E-state index contributed by atoms with van der Waals surface area (Å²) in [7, 11) is 0. The van der Waals surface area contributed by atoms with E-state index in [4.69, 9.17) is 26.2 Å². The number of benzene rings is 1. The van der Waals surface area contributed by atoms with Crippen LogP contribution in [0.5, 0.6) is 5.75 Å². The summed E-state index contributed by atoms with van der Waals surface area (Å²) in [4.78, 5) is 10.6. The zero-order valence-electron chi connectivity index (χ0n) is 17.5. The minimum atomic E-state index is -0.794. The van der Waals surface area contributed by atoms with Gasteiger partial charge in [-0.1, -0.05) is 35.9 Å². The highest BCUT2D eigenvalue weighted by Crippen LogP contribution is 2.40. The molecule has 7 heteroatoms. The highest BCUT2D eigenvalue weighted by Gasteiger charge is 2.42. The minimum absolute atomic E-state index is 0.0164. The highest BCUT2D eigenvalue weighted by molar-refractivity contribution is 6.30. The highest BCUT2D eigenvalue weighted by atomic mass is 35.5. The van der Waals surface area contributed by atoms with Crippen molar-refractivity contribution in [1.82, 2.24) is 0 Å². The number of rotatable bonds is 10. The van der Waals surface area contributed by atoms with Crippen LogP contribution < -0.4 is 4.74 Å². The van der Waals surface area contributed by atoms with Crippen LogP contribution >= 0.6 is 11.6 Å². The molecule has 1 aromatic carbocycles. The van der Waals surface area contributed by atoms with Crippen molar-refractivity contribution in [1.29, 1.82) is 0 Å². The van der Waals surface area contributed by atoms with Crippen LogP contribution in [0.1, 0.15) is 38.5 Å². The Morgan fingerprint density at radius 3 is 2.97 bits per heavy atom. The molecule has 5 atom stereocenters. The van der Waals surface area contributed by atoms with Crippen molar-refractivity contribution in [2.24, 2.45) is 11.8 Å². The van der Waals surface area contributed by atoms with Crippen LogP contribution in [0.25, 0.3) is 0 Å². The number of aliphatic hydroxyl groups excluding tert-OH is 2. The molecule has 2 aliphatic rings. The number of aliphatic hydroxyl groups is 2. The third kappa shape index (κ3) is 7.35. The lowest BCUT2D eigenvalue weighted by atomic mass is 9.89. The largest absolute Gasteiger partial charge is 0.491 e. The van der Waals surface area contributed by atoms with Crippen molar-refractivity contribution in [3.8, 4) is 5.75 Å². The Morgan fingerprint density at radius 2 is 2.19 bits per heavy atom. The molecule has 1 heterocycles. The number of carbonyl (C=O) groups is 1. The van der Waals surface area contributed by atoms with Gasteiger partial charge in [-0.15, -0.1) is 0 Å². The van der Waals surface area contributed by atoms with E-state index in [1.165, 1.54) is 5.57 Å². The van der Waals surface area contributed by atoms with Gasteiger partial charge in [0.25, 0.3) is 0 Å². The Balaban J connectivity index is 1.50. The standard InChI is InChI=1S/C24H31ClO6/c25-17-5-3-6-19(12-17)30-15-18(26)9-11-20-21-10-8-16(4-1-2-7-24(28)29)14-31-23(21)13-22(20)27/h3,5-6,8-9,11-12,18,20-23,26-27H,1-2,4,7,10,13-15H2,(H,28,29)/t18-,20-,21-,22-,23+/m1/s1. The molecule has 0 amide bonds. The van der Waals surface area contributed by atoms with Gasteiger partial charge in [-0.2, -0.15) is 0 Å². The molecule has 1 saturated carbocycles. The van der Waals surface area contributed by atoms with E-state index in [0.29, 0.717) is 30.2 Å². The van der Waals surface area contributed by atoms with Crippen LogP contribution in [0, 0.1) is 11.8 Å². The Labute approximate surface area is 188 Å². The van der Waals surface area contributed by atoms with E-state index in [1.54, 1.807) is 30.3 Å². The second kappa shape index (κ2) is 11.7. The number of allylic oxidation sites excluding steroid dienone is 1. The zero-order chi connectivity index (χ0) is 22.2. The molecule has 31 heavy (non-hydrogen) atoms. The number of ether oxygens (including phenoxy) is 2. The van der Waals surface area contributed by atoms with Gasteiger partial charge in [0.15, 0.2) is 0 Å². The first-order chi connectivity index (χ1) is 14.9. The number of carboxylic acid groups (broad SMARTS) is 1. The van der Waals surface area contributed by atoms with Gasteiger partial charge in [0.1, 0.15) is 18.5 Å². The van der Waals surface area contributed by atoms with Crippen molar-refractivity contribution in [2.75, 3.05) is 13.2 Å². The van der Waals surface area contributed by atoms with E-state index in [-0.39, 0.29) is 31.0 Å². The third-order valence-corrected chi connectivity index (χ3v) is 6.20. The van der Waals surface area contributed by atoms with Crippen LogP contribution in [-0.4, -0.2) is 52.8 Å². The van der Waals surface area contributed by atoms with Crippen molar-refractivity contribution in [3.63, 3.8) is 0 Å². The van der Waals surface area contributed by atoms with Crippen LogP contribution in [0.15, 0.2) is 48.1 Å².